The van der Waals surface area contributed by atoms with Crippen molar-refractivity contribution in [2.24, 2.45) is 5.92 Å². The summed E-state index contributed by atoms with van der Waals surface area (Å²) in [5.74, 6) is 0.653. The van der Waals surface area contributed by atoms with E-state index in [-0.39, 0.29) is 0 Å². The van der Waals surface area contributed by atoms with Gasteiger partial charge >= 0.3 is 0 Å². The van der Waals surface area contributed by atoms with Crippen molar-refractivity contribution in [2.75, 3.05) is 30.3 Å². The van der Waals surface area contributed by atoms with E-state index >= 15 is 0 Å². The van der Waals surface area contributed by atoms with Crippen LogP contribution in [0.2, 0.25) is 0 Å². The normalized spacial score (nSPS) is 20.9. The molecule has 0 amide bonds. The second-order valence-electron chi connectivity index (χ2n) is 5.25. The highest BCUT2D eigenvalue weighted by molar-refractivity contribution is 5.58. The number of nitrogens with one attached hydrogen (secondary N) is 1. The monoisotopic (exact) mass is 233 g/mol. The SMILES string of the molecule is Cc1cc(N2CCNCC2C(C)C)ccc1N. The van der Waals surface area contributed by atoms with Crippen molar-refractivity contribution in [1.82, 2.24) is 5.32 Å². The molecule has 3 nitrogen and oxygen atoms in total. The summed E-state index contributed by atoms with van der Waals surface area (Å²) in [4.78, 5) is 2.51. The molecule has 2 rings (SSSR count). The molecule has 0 bridgehead atoms. The summed E-state index contributed by atoms with van der Waals surface area (Å²) in [5.41, 5.74) is 9.23. The van der Waals surface area contributed by atoms with E-state index < -0.39 is 0 Å². The predicted octanol–water partition coefficient (Wildman–Crippen LogP) is 2.01. The maximum Gasteiger partial charge on any atom is 0.0438 e. The minimum absolute atomic E-state index is 0.576. The molecule has 3 heteroatoms. The highest BCUT2D eigenvalue weighted by Gasteiger charge is 2.25. The molecule has 94 valence electrons. The summed E-state index contributed by atoms with van der Waals surface area (Å²) in [6.45, 7) is 9.86. The van der Waals surface area contributed by atoms with E-state index in [1.807, 2.05) is 6.07 Å². The second-order valence-corrected chi connectivity index (χ2v) is 5.25. The number of nitrogen functional groups attached to an aromatic ring is 1. The van der Waals surface area contributed by atoms with Crippen molar-refractivity contribution in [3.63, 3.8) is 0 Å². The molecule has 0 aromatic heterocycles. The first-order chi connectivity index (χ1) is 8.09. The third-order valence-electron chi connectivity index (χ3n) is 3.64. The summed E-state index contributed by atoms with van der Waals surface area (Å²) >= 11 is 0. The van der Waals surface area contributed by atoms with Crippen LogP contribution in [0, 0.1) is 12.8 Å². The maximum atomic E-state index is 5.88. The van der Waals surface area contributed by atoms with Gasteiger partial charge < -0.3 is 16.0 Å². The van der Waals surface area contributed by atoms with Gasteiger partial charge in [0.15, 0.2) is 0 Å². The lowest BCUT2D eigenvalue weighted by molar-refractivity contribution is 0.390. The summed E-state index contributed by atoms with van der Waals surface area (Å²) in [5, 5.41) is 3.48. The van der Waals surface area contributed by atoms with E-state index in [1.54, 1.807) is 0 Å². The van der Waals surface area contributed by atoms with E-state index in [4.69, 9.17) is 5.73 Å². The molecule has 1 aliphatic heterocycles. The highest BCUT2D eigenvalue weighted by Crippen LogP contribution is 2.25. The van der Waals surface area contributed by atoms with Crippen molar-refractivity contribution in [1.29, 1.82) is 0 Å². The zero-order chi connectivity index (χ0) is 12.4. The zero-order valence-corrected chi connectivity index (χ0v) is 11.0. The molecule has 1 aromatic carbocycles. The number of nitrogens with two attached hydrogens (primary N) is 1. The molecular weight excluding hydrogens is 210 g/mol. The summed E-state index contributed by atoms with van der Waals surface area (Å²) in [7, 11) is 0. The molecule has 3 N–H and O–H groups in total. The lowest BCUT2D eigenvalue weighted by Crippen LogP contribution is -2.53. The number of hydrogen-bond acceptors (Lipinski definition) is 3. The maximum absolute atomic E-state index is 5.88. The number of benzene rings is 1. The van der Waals surface area contributed by atoms with Crippen molar-refractivity contribution in [3.8, 4) is 0 Å². The first-order valence-electron chi connectivity index (χ1n) is 6.43. The predicted molar refractivity (Wildman–Crippen MR) is 74.4 cm³/mol. The topological polar surface area (TPSA) is 41.3 Å². The molecule has 1 aromatic rings. The smallest absolute Gasteiger partial charge is 0.0438 e. The fourth-order valence-electron chi connectivity index (χ4n) is 2.48. The third-order valence-corrected chi connectivity index (χ3v) is 3.64. The van der Waals surface area contributed by atoms with Crippen LogP contribution < -0.4 is 16.0 Å². The molecule has 1 heterocycles. The molecule has 1 atom stereocenters. The fourth-order valence-corrected chi connectivity index (χ4v) is 2.48. The van der Waals surface area contributed by atoms with Gasteiger partial charge in [-0.2, -0.15) is 0 Å². The highest BCUT2D eigenvalue weighted by atomic mass is 15.2. The molecular formula is C14H23N3. The fraction of sp³-hybridized carbons (Fsp3) is 0.571. The van der Waals surface area contributed by atoms with E-state index in [0.29, 0.717) is 12.0 Å². The molecule has 0 saturated carbocycles. The van der Waals surface area contributed by atoms with Crippen LogP contribution in [0.1, 0.15) is 19.4 Å². The van der Waals surface area contributed by atoms with Crippen LogP contribution in [-0.4, -0.2) is 25.7 Å². The van der Waals surface area contributed by atoms with Crippen LogP contribution in [0.5, 0.6) is 0 Å². The van der Waals surface area contributed by atoms with Gasteiger partial charge in [-0.15, -0.1) is 0 Å². The van der Waals surface area contributed by atoms with Gasteiger partial charge in [0.1, 0.15) is 0 Å². The van der Waals surface area contributed by atoms with E-state index in [0.717, 1.165) is 25.3 Å². The Kier molecular flexibility index (Phi) is 3.57. The Bertz CT molecular complexity index is 387. The Labute approximate surface area is 104 Å². The van der Waals surface area contributed by atoms with Crippen molar-refractivity contribution in [2.45, 2.75) is 26.8 Å². The summed E-state index contributed by atoms with van der Waals surface area (Å²) in [6.07, 6.45) is 0. The average Bonchev–Trinajstić information content (AvgIpc) is 2.32. The van der Waals surface area contributed by atoms with E-state index in [2.05, 4.69) is 43.1 Å². The van der Waals surface area contributed by atoms with Gasteiger partial charge in [0.2, 0.25) is 0 Å². The number of rotatable bonds is 2. The molecule has 17 heavy (non-hydrogen) atoms. The lowest BCUT2D eigenvalue weighted by atomic mass is 9.99. The van der Waals surface area contributed by atoms with Crippen molar-refractivity contribution in [3.05, 3.63) is 23.8 Å². The van der Waals surface area contributed by atoms with Crippen LogP contribution in [0.4, 0.5) is 11.4 Å². The first-order valence-corrected chi connectivity index (χ1v) is 6.43. The second kappa shape index (κ2) is 4.96. The lowest BCUT2D eigenvalue weighted by Gasteiger charge is -2.40. The summed E-state index contributed by atoms with van der Waals surface area (Å²) < 4.78 is 0. The van der Waals surface area contributed by atoms with E-state index in [9.17, 15) is 0 Å². The van der Waals surface area contributed by atoms with Crippen LogP contribution in [0.25, 0.3) is 0 Å². The van der Waals surface area contributed by atoms with Gasteiger partial charge in [-0.3, -0.25) is 0 Å². The quantitative estimate of drug-likeness (QED) is 0.768. The van der Waals surface area contributed by atoms with Gasteiger partial charge in [-0.05, 0) is 36.6 Å². The largest absolute Gasteiger partial charge is 0.399 e. The first kappa shape index (κ1) is 12.2. The van der Waals surface area contributed by atoms with Gasteiger partial charge in [-0.1, -0.05) is 13.8 Å². The Morgan fingerprint density at radius 2 is 2.18 bits per heavy atom. The van der Waals surface area contributed by atoms with E-state index in [1.165, 1.54) is 11.3 Å². The van der Waals surface area contributed by atoms with Crippen molar-refractivity contribution < 1.29 is 0 Å². The van der Waals surface area contributed by atoms with Crippen LogP contribution >= 0.6 is 0 Å². The van der Waals surface area contributed by atoms with Gasteiger partial charge in [0, 0.05) is 37.1 Å². The Hall–Kier alpha value is -1.22. The molecule has 1 aliphatic rings. The Morgan fingerprint density at radius 3 is 2.82 bits per heavy atom. The van der Waals surface area contributed by atoms with Crippen LogP contribution in [-0.2, 0) is 0 Å². The number of anilines is 2. The Morgan fingerprint density at radius 1 is 1.41 bits per heavy atom. The van der Waals surface area contributed by atoms with Crippen LogP contribution in [0.15, 0.2) is 18.2 Å². The average molecular weight is 233 g/mol. The van der Waals surface area contributed by atoms with Crippen molar-refractivity contribution >= 4 is 11.4 Å². The summed E-state index contributed by atoms with van der Waals surface area (Å²) in [6, 6.07) is 6.94. The Balaban J connectivity index is 2.26. The number of nitrogens with zero attached hydrogens (tertiary/aromatic N) is 1. The molecule has 0 radical (unpaired) electrons. The van der Waals surface area contributed by atoms with Gasteiger partial charge in [-0.25, -0.2) is 0 Å². The van der Waals surface area contributed by atoms with Gasteiger partial charge in [0.05, 0.1) is 0 Å². The molecule has 1 saturated heterocycles. The minimum atomic E-state index is 0.576. The molecule has 1 fully saturated rings. The third kappa shape index (κ3) is 2.55. The van der Waals surface area contributed by atoms with Gasteiger partial charge in [0.25, 0.3) is 0 Å². The number of aryl methyl sites for hydroxylation is 1. The molecule has 0 spiro atoms. The minimum Gasteiger partial charge on any atom is -0.399 e. The van der Waals surface area contributed by atoms with Crippen LogP contribution in [0.3, 0.4) is 0 Å². The zero-order valence-electron chi connectivity index (χ0n) is 11.0. The molecule has 0 aliphatic carbocycles. The number of piperazine rings is 1. The molecule has 1 unspecified atom stereocenters. The number of hydrogen-bond donors (Lipinski definition) is 2. The standard InChI is InChI=1S/C14H23N3/c1-10(2)14-9-16-6-7-17(14)12-4-5-13(15)11(3)8-12/h4-5,8,10,14,16H,6-7,9,15H2,1-3H3.